The van der Waals surface area contributed by atoms with Crippen molar-refractivity contribution in [3.05, 3.63) is 54.0 Å². The highest BCUT2D eigenvalue weighted by atomic mass is 19.1. The zero-order valence-electron chi connectivity index (χ0n) is 13.5. The zero-order chi connectivity index (χ0) is 16.7. The van der Waals surface area contributed by atoms with Crippen LogP contribution in [0, 0.1) is 11.7 Å². The van der Waals surface area contributed by atoms with E-state index in [1.807, 2.05) is 6.07 Å². The Morgan fingerprint density at radius 3 is 2.74 bits per heavy atom. The number of aromatic nitrogens is 1. The summed E-state index contributed by atoms with van der Waals surface area (Å²) in [6, 6.07) is 9.65. The van der Waals surface area contributed by atoms with Crippen LogP contribution in [0.15, 0.2) is 42.6 Å². The summed E-state index contributed by atoms with van der Waals surface area (Å²) in [6.45, 7) is 5.25. The lowest BCUT2D eigenvalue weighted by Gasteiger charge is -2.09. The highest BCUT2D eigenvalue weighted by molar-refractivity contribution is 5.91. The molecule has 0 aliphatic carbocycles. The van der Waals surface area contributed by atoms with Crippen molar-refractivity contribution in [1.82, 2.24) is 4.98 Å². The summed E-state index contributed by atoms with van der Waals surface area (Å²) in [5.74, 6) is 0.575. The topological polar surface area (TPSA) is 54.0 Å². The van der Waals surface area contributed by atoms with E-state index in [0.29, 0.717) is 17.3 Å². The summed E-state index contributed by atoms with van der Waals surface area (Å²) >= 11 is 0. The van der Waals surface area contributed by atoms with Gasteiger partial charge in [-0.05, 0) is 42.2 Å². The molecular weight excluding hydrogens is 293 g/mol. The van der Waals surface area contributed by atoms with Gasteiger partial charge in [0.1, 0.15) is 11.6 Å². The van der Waals surface area contributed by atoms with Crippen molar-refractivity contribution in [2.75, 3.05) is 17.2 Å². The minimum Gasteiger partial charge on any atom is -0.384 e. The number of anilines is 2. The monoisotopic (exact) mass is 315 g/mol. The predicted octanol–water partition coefficient (Wildman–Crippen LogP) is 3.86. The molecule has 2 N–H and O–H groups in total. The molecule has 0 atom stereocenters. The highest BCUT2D eigenvalue weighted by Gasteiger charge is 2.06. The fraction of sp³-hybridized carbons (Fsp3) is 0.333. The van der Waals surface area contributed by atoms with Gasteiger partial charge in [-0.15, -0.1) is 0 Å². The van der Waals surface area contributed by atoms with Crippen molar-refractivity contribution in [3.63, 3.8) is 0 Å². The third-order valence-electron chi connectivity index (χ3n) is 3.34. The first-order valence-corrected chi connectivity index (χ1v) is 7.77. The van der Waals surface area contributed by atoms with Crippen LogP contribution in [0.4, 0.5) is 15.9 Å². The van der Waals surface area contributed by atoms with E-state index in [1.165, 1.54) is 12.1 Å². The molecule has 2 aromatic rings. The average molecular weight is 315 g/mol. The van der Waals surface area contributed by atoms with Crippen LogP contribution in [0.1, 0.15) is 25.8 Å². The van der Waals surface area contributed by atoms with Crippen LogP contribution in [0.2, 0.25) is 0 Å². The quantitative estimate of drug-likeness (QED) is 0.816. The molecule has 0 saturated heterocycles. The molecule has 0 radical (unpaired) electrons. The van der Waals surface area contributed by atoms with Crippen LogP contribution >= 0.6 is 0 Å². The van der Waals surface area contributed by atoms with Gasteiger partial charge in [-0.2, -0.15) is 0 Å². The normalized spacial score (nSPS) is 10.6. The number of carbonyl (C=O) groups excluding carboxylic acids is 1. The lowest BCUT2D eigenvalue weighted by Crippen LogP contribution is -2.15. The third kappa shape index (κ3) is 6.06. The lowest BCUT2D eigenvalue weighted by atomic mass is 10.1. The number of carbonyl (C=O) groups is 1. The van der Waals surface area contributed by atoms with Crippen molar-refractivity contribution >= 4 is 17.4 Å². The molecule has 1 aromatic heterocycles. The Labute approximate surface area is 136 Å². The Hall–Kier alpha value is -2.43. The van der Waals surface area contributed by atoms with Crippen LogP contribution in [0.3, 0.4) is 0 Å². The smallest absolute Gasteiger partial charge is 0.229 e. The predicted molar refractivity (Wildman–Crippen MR) is 90.9 cm³/mol. The molecule has 23 heavy (non-hydrogen) atoms. The number of hydrogen-bond acceptors (Lipinski definition) is 3. The van der Waals surface area contributed by atoms with E-state index < -0.39 is 0 Å². The van der Waals surface area contributed by atoms with Crippen LogP contribution in [-0.2, 0) is 11.2 Å². The first-order valence-electron chi connectivity index (χ1n) is 7.77. The first-order chi connectivity index (χ1) is 11.0. The van der Waals surface area contributed by atoms with Gasteiger partial charge in [0.05, 0.1) is 18.3 Å². The Kier molecular flexibility index (Phi) is 6.09. The standard InChI is InChI=1S/C18H22FN3O/c1-13(2)8-9-20-16-6-7-17(21-12-16)22-18(23)11-14-4-3-5-15(19)10-14/h3-7,10,12-13,20H,8-9,11H2,1-2H3,(H,21,22,23). The molecule has 1 aromatic carbocycles. The molecular formula is C18H22FN3O. The van der Waals surface area contributed by atoms with E-state index >= 15 is 0 Å². The molecule has 4 nitrogen and oxygen atoms in total. The second-order valence-electron chi connectivity index (χ2n) is 5.90. The molecule has 1 amide bonds. The summed E-state index contributed by atoms with van der Waals surface area (Å²) in [7, 11) is 0. The molecule has 0 spiro atoms. The molecule has 5 heteroatoms. The van der Waals surface area contributed by atoms with Crippen molar-refractivity contribution < 1.29 is 9.18 Å². The molecule has 0 bridgehead atoms. The third-order valence-corrected chi connectivity index (χ3v) is 3.34. The summed E-state index contributed by atoms with van der Waals surface area (Å²) in [6.07, 6.45) is 2.90. The molecule has 0 saturated carbocycles. The van der Waals surface area contributed by atoms with Crippen molar-refractivity contribution in [2.24, 2.45) is 5.92 Å². The number of amides is 1. The molecule has 0 unspecified atom stereocenters. The van der Waals surface area contributed by atoms with Crippen LogP contribution in [0.25, 0.3) is 0 Å². The van der Waals surface area contributed by atoms with Gasteiger partial charge >= 0.3 is 0 Å². The SMILES string of the molecule is CC(C)CCNc1ccc(NC(=O)Cc2cccc(F)c2)nc1. The highest BCUT2D eigenvalue weighted by Crippen LogP contribution is 2.11. The number of benzene rings is 1. The van der Waals surface area contributed by atoms with E-state index in [1.54, 1.807) is 24.4 Å². The van der Waals surface area contributed by atoms with Crippen LogP contribution in [0.5, 0.6) is 0 Å². The fourth-order valence-electron chi connectivity index (χ4n) is 2.10. The maximum Gasteiger partial charge on any atom is 0.229 e. The largest absolute Gasteiger partial charge is 0.384 e. The molecule has 0 aliphatic rings. The average Bonchev–Trinajstić information content (AvgIpc) is 2.48. The van der Waals surface area contributed by atoms with Crippen molar-refractivity contribution in [1.29, 1.82) is 0 Å². The summed E-state index contributed by atoms with van der Waals surface area (Å²) in [5, 5.41) is 6.00. The van der Waals surface area contributed by atoms with E-state index in [2.05, 4.69) is 29.5 Å². The van der Waals surface area contributed by atoms with Crippen molar-refractivity contribution in [2.45, 2.75) is 26.7 Å². The Morgan fingerprint density at radius 2 is 2.09 bits per heavy atom. The number of pyridine rings is 1. The Morgan fingerprint density at radius 1 is 1.26 bits per heavy atom. The number of nitrogens with one attached hydrogen (secondary N) is 2. The van der Waals surface area contributed by atoms with E-state index in [4.69, 9.17) is 0 Å². The second-order valence-corrected chi connectivity index (χ2v) is 5.90. The molecule has 122 valence electrons. The molecule has 2 rings (SSSR count). The minimum absolute atomic E-state index is 0.119. The maximum absolute atomic E-state index is 13.1. The van der Waals surface area contributed by atoms with Crippen LogP contribution in [-0.4, -0.2) is 17.4 Å². The summed E-state index contributed by atoms with van der Waals surface area (Å²) in [4.78, 5) is 16.1. The van der Waals surface area contributed by atoms with Crippen molar-refractivity contribution in [3.8, 4) is 0 Å². The van der Waals surface area contributed by atoms with E-state index in [0.717, 1.165) is 18.7 Å². The zero-order valence-corrected chi connectivity index (χ0v) is 13.5. The first kappa shape index (κ1) is 16.9. The van der Waals surface area contributed by atoms with Gasteiger partial charge in [0, 0.05) is 6.54 Å². The fourth-order valence-corrected chi connectivity index (χ4v) is 2.10. The molecule has 0 aliphatic heterocycles. The summed E-state index contributed by atoms with van der Waals surface area (Å²) in [5.41, 5.74) is 1.56. The molecule has 1 heterocycles. The minimum atomic E-state index is -0.342. The van der Waals surface area contributed by atoms with E-state index in [-0.39, 0.29) is 18.1 Å². The van der Waals surface area contributed by atoms with Gasteiger partial charge < -0.3 is 10.6 Å². The lowest BCUT2D eigenvalue weighted by molar-refractivity contribution is -0.115. The van der Waals surface area contributed by atoms with Gasteiger partial charge in [0.2, 0.25) is 5.91 Å². The Balaban J connectivity index is 1.84. The van der Waals surface area contributed by atoms with Gasteiger partial charge in [0.15, 0.2) is 0 Å². The Bertz CT molecular complexity index is 641. The number of nitrogens with zero attached hydrogens (tertiary/aromatic N) is 1. The number of rotatable bonds is 7. The van der Waals surface area contributed by atoms with Gasteiger partial charge in [-0.25, -0.2) is 9.37 Å². The second kappa shape index (κ2) is 8.27. The van der Waals surface area contributed by atoms with Gasteiger partial charge in [0.25, 0.3) is 0 Å². The maximum atomic E-state index is 13.1. The van der Waals surface area contributed by atoms with Gasteiger partial charge in [-0.1, -0.05) is 26.0 Å². The van der Waals surface area contributed by atoms with Crippen LogP contribution < -0.4 is 10.6 Å². The number of hydrogen-bond donors (Lipinski definition) is 2. The molecule has 0 fully saturated rings. The van der Waals surface area contributed by atoms with Gasteiger partial charge in [-0.3, -0.25) is 4.79 Å². The van der Waals surface area contributed by atoms with E-state index in [9.17, 15) is 9.18 Å². The summed E-state index contributed by atoms with van der Waals surface area (Å²) < 4.78 is 13.1. The number of halogens is 1.